The minimum atomic E-state index is -3.81. The summed E-state index contributed by atoms with van der Waals surface area (Å²) >= 11 is 11.9. The Kier molecular flexibility index (Phi) is 8.11. The number of rotatable bonds is 8. The second kappa shape index (κ2) is 10.1. The summed E-state index contributed by atoms with van der Waals surface area (Å²) in [5.41, 5.74) is 0.792. The molecule has 2 amide bonds. The van der Waals surface area contributed by atoms with E-state index in [4.69, 9.17) is 23.2 Å². The summed E-state index contributed by atoms with van der Waals surface area (Å²) in [6.07, 6.45) is 0.979. The summed E-state index contributed by atoms with van der Waals surface area (Å²) in [7, 11) is -3.81. The van der Waals surface area contributed by atoms with Gasteiger partial charge in [0.05, 0.1) is 23.2 Å². The van der Waals surface area contributed by atoms with Crippen LogP contribution < -0.4 is 9.62 Å². The Hall–Kier alpha value is -2.29. The highest BCUT2D eigenvalue weighted by Crippen LogP contribution is 2.27. The zero-order chi connectivity index (χ0) is 22.5. The Morgan fingerprint density at radius 1 is 1.00 bits per heavy atom. The highest BCUT2D eigenvalue weighted by molar-refractivity contribution is 7.92. The fourth-order valence-corrected chi connectivity index (χ4v) is 4.22. The molecule has 0 aliphatic rings. The van der Waals surface area contributed by atoms with E-state index in [9.17, 15) is 18.0 Å². The zero-order valence-electron chi connectivity index (χ0n) is 16.9. The zero-order valence-corrected chi connectivity index (χ0v) is 19.2. The largest absolute Gasteiger partial charge is 0.339 e. The van der Waals surface area contributed by atoms with Crippen LogP contribution in [-0.4, -0.2) is 51.0 Å². The molecule has 0 heterocycles. The minimum absolute atomic E-state index is 0.164. The Labute approximate surface area is 186 Å². The Morgan fingerprint density at radius 3 is 2.10 bits per heavy atom. The van der Waals surface area contributed by atoms with Gasteiger partial charge in [0.15, 0.2) is 0 Å². The molecule has 0 bridgehead atoms. The van der Waals surface area contributed by atoms with Crippen molar-refractivity contribution in [2.24, 2.45) is 0 Å². The first-order valence-electron chi connectivity index (χ1n) is 9.18. The molecule has 10 heteroatoms. The van der Waals surface area contributed by atoms with Gasteiger partial charge in [0.2, 0.25) is 15.9 Å². The van der Waals surface area contributed by atoms with Crippen molar-refractivity contribution >= 4 is 56.4 Å². The van der Waals surface area contributed by atoms with Crippen molar-refractivity contribution in [3.05, 3.63) is 58.1 Å². The molecule has 0 aliphatic heterocycles. The maximum atomic E-state index is 12.7. The summed E-state index contributed by atoms with van der Waals surface area (Å²) in [5, 5.41) is 3.11. The Bertz CT molecular complexity index is 1020. The molecule has 30 heavy (non-hydrogen) atoms. The Balaban J connectivity index is 2.30. The molecule has 1 N–H and O–H groups in total. The highest BCUT2D eigenvalue weighted by Gasteiger charge is 2.23. The average molecular weight is 472 g/mol. The third kappa shape index (κ3) is 6.10. The molecule has 0 fully saturated rings. The number of carbonyl (C=O) groups excluding carboxylic acids is 2. The van der Waals surface area contributed by atoms with Crippen LogP contribution in [0.1, 0.15) is 24.2 Å². The molecule has 2 rings (SSSR count). The lowest BCUT2D eigenvalue weighted by atomic mass is 10.1. The molecule has 162 valence electrons. The van der Waals surface area contributed by atoms with Gasteiger partial charge in [-0.1, -0.05) is 35.3 Å². The predicted octanol–water partition coefficient (Wildman–Crippen LogP) is 3.88. The first-order valence-corrected chi connectivity index (χ1v) is 11.8. The van der Waals surface area contributed by atoms with Crippen LogP contribution in [0.5, 0.6) is 0 Å². The third-order valence-corrected chi connectivity index (χ3v) is 5.88. The van der Waals surface area contributed by atoms with Crippen LogP contribution in [0.3, 0.4) is 0 Å². The number of nitrogens with one attached hydrogen (secondary N) is 1. The number of sulfonamides is 1. The van der Waals surface area contributed by atoms with Crippen molar-refractivity contribution in [3.8, 4) is 0 Å². The molecule has 0 saturated heterocycles. The van der Waals surface area contributed by atoms with Gasteiger partial charge < -0.3 is 10.2 Å². The van der Waals surface area contributed by atoms with Gasteiger partial charge in [-0.3, -0.25) is 13.9 Å². The quantitative estimate of drug-likeness (QED) is 0.632. The molecule has 0 spiro atoms. The maximum absolute atomic E-state index is 12.7. The van der Waals surface area contributed by atoms with E-state index in [1.165, 1.54) is 18.2 Å². The van der Waals surface area contributed by atoms with Gasteiger partial charge in [0.25, 0.3) is 5.91 Å². The molecule has 0 atom stereocenters. The van der Waals surface area contributed by atoms with Crippen LogP contribution in [0.25, 0.3) is 0 Å². The van der Waals surface area contributed by atoms with Gasteiger partial charge in [-0.25, -0.2) is 8.42 Å². The smallest absolute Gasteiger partial charge is 0.255 e. The van der Waals surface area contributed by atoms with E-state index in [2.05, 4.69) is 5.32 Å². The lowest BCUT2D eigenvalue weighted by Gasteiger charge is -2.23. The van der Waals surface area contributed by atoms with E-state index in [0.29, 0.717) is 24.3 Å². The molecule has 2 aromatic rings. The van der Waals surface area contributed by atoms with Crippen LogP contribution in [0.15, 0.2) is 42.5 Å². The molecule has 0 aliphatic carbocycles. The second-order valence-corrected chi connectivity index (χ2v) is 9.25. The van der Waals surface area contributed by atoms with Crippen LogP contribution in [0.2, 0.25) is 10.0 Å². The number of carbonyl (C=O) groups is 2. The standard InChI is InChI=1S/C20H23Cl2N3O4S/c1-4-24(5-2)20(27)17-8-6-7-9-18(17)23-19(26)13-25(30(3,28)29)16-11-14(21)10-15(22)12-16/h6-12H,4-5,13H2,1-3H3,(H,23,26). The fraction of sp³-hybridized carbons (Fsp3) is 0.300. The maximum Gasteiger partial charge on any atom is 0.255 e. The van der Waals surface area contributed by atoms with Crippen molar-refractivity contribution in [2.75, 3.05) is 35.5 Å². The van der Waals surface area contributed by atoms with E-state index < -0.39 is 22.5 Å². The van der Waals surface area contributed by atoms with E-state index >= 15 is 0 Å². The molecular weight excluding hydrogens is 449 g/mol. The van der Waals surface area contributed by atoms with Crippen LogP contribution in [-0.2, 0) is 14.8 Å². The molecule has 0 unspecified atom stereocenters. The number of amides is 2. The number of benzene rings is 2. The van der Waals surface area contributed by atoms with Gasteiger partial charge in [0.1, 0.15) is 6.54 Å². The fourth-order valence-electron chi connectivity index (χ4n) is 2.86. The van der Waals surface area contributed by atoms with E-state index in [-0.39, 0.29) is 21.6 Å². The normalized spacial score (nSPS) is 11.1. The van der Waals surface area contributed by atoms with Crippen molar-refractivity contribution in [3.63, 3.8) is 0 Å². The van der Waals surface area contributed by atoms with E-state index in [1.54, 1.807) is 29.2 Å². The monoisotopic (exact) mass is 471 g/mol. The first kappa shape index (κ1) is 24.0. The number of hydrogen-bond acceptors (Lipinski definition) is 4. The summed E-state index contributed by atoms with van der Waals surface area (Å²) in [6.45, 7) is 4.26. The molecule has 0 radical (unpaired) electrons. The third-order valence-electron chi connectivity index (χ3n) is 4.31. The van der Waals surface area contributed by atoms with Gasteiger partial charge in [-0.05, 0) is 44.2 Å². The van der Waals surface area contributed by atoms with Crippen molar-refractivity contribution < 1.29 is 18.0 Å². The number of halogens is 2. The summed E-state index contributed by atoms with van der Waals surface area (Å²) in [5.74, 6) is -0.839. The lowest BCUT2D eigenvalue weighted by molar-refractivity contribution is -0.114. The van der Waals surface area contributed by atoms with Crippen molar-refractivity contribution in [2.45, 2.75) is 13.8 Å². The summed E-state index contributed by atoms with van der Waals surface area (Å²) < 4.78 is 25.5. The Morgan fingerprint density at radius 2 is 1.57 bits per heavy atom. The van der Waals surface area contributed by atoms with Crippen molar-refractivity contribution in [1.29, 1.82) is 0 Å². The molecule has 0 aromatic heterocycles. The number of nitrogens with zero attached hydrogens (tertiary/aromatic N) is 2. The van der Waals surface area contributed by atoms with Gasteiger partial charge >= 0.3 is 0 Å². The molecule has 7 nitrogen and oxygen atoms in total. The van der Waals surface area contributed by atoms with Gasteiger partial charge in [-0.2, -0.15) is 0 Å². The van der Waals surface area contributed by atoms with Gasteiger partial charge in [-0.15, -0.1) is 0 Å². The molecule has 2 aromatic carbocycles. The summed E-state index contributed by atoms with van der Waals surface area (Å²) in [6, 6.07) is 10.8. The lowest BCUT2D eigenvalue weighted by Crippen LogP contribution is -2.38. The topological polar surface area (TPSA) is 86.8 Å². The number of para-hydroxylation sites is 1. The minimum Gasteiger partial charge on any atom is -0.339 e. The molecular formula is C20H23Cl2N3O4S. The van der Waals surface area contributed by atoms with Gasteiger partial charge in [0, 0.05) is 23.1 Å². The number of anilines is 2. The highest BCUT2D eigenvalue weighted by atomic mass is 35.5. The SMILES string of the molecule is CCN(CC)C(=O)c1ccccc1NC(=O)CN(c1cc(Cl)cc(Cl)c1)S(C)(=O)=O. The van der Waals surface area contributed by atoms with Crippen LogP contribution >= 0.6 is 23.2 Å². The summed E-state index contributed by atoms with van der Waals surface area (Å²) in [4.78, 5) is 27.0. The van der Waals surface area contributed by atoms with Crippen LogP contribution in [0, 0.1) is 0 Å². The number of hydrogen-bond donors (Lipinski definition) is 1. The second-order valence-electron chi connectivity index (χ2n) is 6.47. The molecule has 0 saturated carbocycles. The van der Waals surface area contributed by atoms with E-state index in [0.717, 1.165) is 10.6 Å². The predicted molar refractivity (Wildman–Crippen MR) is 121 cm³/mol. The van der Waals surface area contributed by atoms with E-state index in [1.807, 2.05) is 13.8 Å². The van der Waals surface area contributed by atoms with Crippen molar-refractivity contribution in [1.82, 2.24) is 4.90 Å². The van der Waals surface area contributed by atoms with Crippen LogP contribution in [0.4, 0.5) is 11.4 Å². The first-order chi connectivity index (χ1) is 14.1. The average Bonchev–Trinajstić information content (AvgIpc) is 2.65.